The number of aryl methyl sites for hydroxylation is 1. The Labute approximate surface area is 246 Å². The number of ether oxygens (including phenoxy) is 1. The molecule has 42 heavy (non-hydrogen) atoms. The minimum atomic E-state index is -4.21. The maximum Gasteiger partial charge on any atom is 0.339 e. The van der Waals surface area contributed by atoms with E-state index in [-0.39, 0.29) is 44.8 Å². The standard InChI is InChI=1S/C29H28N2O8S3/c1-22-13-16-25(17-14-22)41(34,35)31-20-19-30(40(32,33)24-9-5-3-6-10-24)29(31)23-15-18-27(28(21-23)38-2)39-42(36,37)26-11-7-4-8-12-26/h3-18,21,29H,19-20H2,1-2H3/t29-/m0/s1. The Morgan fingerprint density at radius 2 is 1.12 bits per heavy atom. The van der Waals surface area contributed by atoms with Crippen LogP contribution in [0.3, 0.4) is 0 Å². The molecule has 0 saturated carbocycles. The van der Waals surface area contributed by atoms with Crippen molar-refractivity contribution in [1.82, 2.24) is 8.61 Å². The predicted octanol–water partition coefficient (Wildman–Crippen LogP) is 4.17. The molecule has 0 spiro atoms. The number of benzene rings is 4. The van der Waals surface area contributed by atoms with E-state index in [2.05, 4.69) is 0 Å². The molecular weight excluding hydrogens is 601 g/mol. The van der Waals surface area contributed by atoms with Crippen LogP contribution in [0.5, 0.6) is 11.5 Å². The van der Waals surface area contributed by atoms with Crippen molar-refractivity contribution in [3.8, 4) is 11.5 Å². The fourth-order valence-corrected chi connectivity index (χ4v) is 8.85. The third kappa shape index (κ3) is 5.65. The second kappa shape index (κ2) is 11.5. The Balaban J connectivity index is 1.60. The van der Waals surface area contributed by atoms with Gasteiger partial charge in [0.05, 0.1) is 16.9 Å². The summed E-state index contributed by atoms with van der Waals surface area (Å²) < 4.78 is 94.1. The van der Waals surface area contributed by atoms with Crippen molar-refractivity contribution in [2.45, 2.75) is 27.8 Å². The molecule has 1 aliphatic rings. The van der Waals surface area contributed by atoms with Crippen LogP contribution in [0.1, 0.15) is 17.3 Å². The van der Waals surface area contributed by atoms with Gasteiger partial charge in [0, 0.05) is 13.1 Å². The Kier molecular flexibility index (Phi) is 8.14. The van der Waals surface area contributed by atoms with Gasteiger partial charge in [0.1, 0.15) is 11.1 Å². The van der Waals surface area contributed by atoms with Crippen LogP contribution in [0.15, 0.2) is 118 Å². The van der Waals surface area contributed by atoms with Gasteiger partial charge in [-0.3, -0.25) is 0 Å². The molecule has 4 aromatic rings. The second-order valence-corrected chi connectivity index (χ2v) is 14.8. The normalized spacial score (nSPS) is 16.8. The first kappa shape index (κ1) is 29.7. The number of rotatable bonds is 9. The van der Waals surface area contributed by atoms with Gasteiger partial charge in [-0.1, -0.05) is 60.2 Å². The summed E-state index contributed by atoms with van der Waals surface area (Å²) >= 11 is 0. The molecule has 220 valence electrons. The molecule has 0 unspecified atom stereocenters. The van der Waals surface area contributed by atoms with Crippen LogP contribution in [0.2, 0.25) is 0 Å². The lowest BCUT2D eigenvalue weighted by Crippen LogP contribution is -2.38. The van der Waals surface area contributed by atoms with Crippen LogP contribution >= 0.6 is 0 Å². The van der Waals surface area contributed by atoms with E-state index in [1.54, 1.807) is 48.5 Å². The topological polar surface area (TPSA) is 127 Å². The predicted molar refractivity (Wildman–Crippen MR) is 155 cm³/mol. The largest absolute Gasteiger partial charge is 0.493 e. The third-order valence-corrected chi connectivity index (χ3v) is 11.8. The molecule has 0 bridgehead atoms. The van der Waals surface area contributed by atoms with Crippen molar-refractivity contribution in [3.05, 3.63) is 114 Å². The summed E-state index contributed by atoms with van der Waals surface area (Å²) in [5.41, 5.74) is 1.11. The number of nitrogens with zero attached hydrogens (tertiary/aromatic N) is 2. The van der Waals surface area contributed by atoms with E-state index in [9.17, 15) is 25.3 Å². The first-order chi connectivity index (χ1) is 19.9. The molecule has 4 aromatic carbocycles. The van der Waals surface area contributed by atoms with Crippen molar-refractivity contribution in [2.24, 2.45) is 0 Å². The Morgan fingerprint density at radius 1 is 0.619 bits per heavy atom. The lowest BCUT2D eigenvalue weighted by molar-refractivity contribution is 0.290. The van der Waals surface area contributed by atoms with Gasteiger partial charge < -0.3 is 8.92 Å². The fourth-order valence-electron chi connectivity index (χ4n) is 4.66. The molecule has 0 amide bonds. The summed E-state index contributed by atoms with van der Waals surface area (Å²) in [6.07, 6.45) is -1.30. The van der Waals surface area contributed by atoms with E-state index in [0.717, 1.165) is 14.2 Å². The molecular formula is C29H28N2O8S3. The lowest BCUT2D eigenvalue weighted by atomic mass is 10.1. The summed E-state index contributed by atoms with van der Waals surface area (Å²) in [4.78, 5) is -0.0502. The van der Waals surface area contributed by atoms with Crippen molar-refractivity contribution in [2.75, 3.05) is 20.2 Å². The SMILES string of the molecule is COc1cc([C@H]2N(S(=O)(=O)c3ccccc3)CCN2S(=O)(=O)c2ccc(C)cc2)ccc1OS(=O)(=O)c1ccccc1. The lowest BCUT2D eigenvalue weighted by Gasteiger charge is -2.30. The highest BCUT2D eigenvalue weighted by Crippen LogP contribution is 2.41. The van der Waals surface area contributed by atoms with E-state index in [1.807, 2.05) is 6.92 Å². The monoisotopic (exact) mass is 628 g/mol. The second-order valence-electron chi connectivity index (χ2n) is 9.49. The molecule has 1 heterocycles. The molecule has 13 heteroatoms. The number of methoxy groups -OCH3 is 1. The van der Waals surface area contributed by atoms with Crippen LogP contribution in [0.4, 0.5) is 0 Å². The highest BCUT2D eigenvalue weighted by Gasteiger charge is 2.47. The van der Waals surface area contributed by atoms with Crippen LogP contribution in [0, 0.1) is 6.92 Å². The van der Waals surface area contributed by atoms with Crippen molar-refractivity contribution in [1.29, 1.82) is 0 Å². The highest BCUT2D eigenvalue weighted by molar-refractivity contribution is 7.90. The molecule has 1 fully saturated rings. The fraction of sp³-hybridized carbons (Fsp3) is 0.172. The molecule has 1 saturated heterocycles. The van der Waals surface area contributed by atoms with Gasteiger partial charge in [-0.05, 0) is 61.0 Å². The van der Waals surface area contributed by atoms with Crippen LogP contribution in [-0.4, -0.2) is 54.1 Å². The zero-order valence-electron chi connectivity index (χ0n) is 22.7. The number of hydrogen-bond acceptors (Lipinski definition) is 8. The summed E-state index contributed by atoms with van der Waals surface area (Å²) in [5, 5.41) is 0. The maximum atomic E-state index is 13.9. The van der Waals surface area contributed by atoms with Crippen molar-refractivity contribution in [3.63, 3.8) is 0 Å². The van der Waals surface area contributed by atoms with Crippen LogP contribution in [-0.2, 0) is 30.2 Å². The van der Waals surface area contributed by atoms with Gasteiger partial charge in [-0.15, -0.1) is 0 Å². The average molecular weight is 629 g/mol. The van der Waals surface area contributed by atoms with Gasteiger partial charge in [-0.2, -0.15) is 17.0 Å². The number of hydrogen-bond donors (Lipinski definition) is 0. The molecule has 0 radical (unpaired) electrons. The van der Waals surface area contributed by atoms with Gasteiger partial charge in [0.2, 0.25) is 20.0 Å². The Hall–Kier alpha value is -3.75. The zero-order chi connectivity index (χ0) is 30.1. The van der Waals surface area contributed by atoms with E-state index in [0.29, 0.717) is 0 Å². The van der Waals surface area contributed by atoms with Crippen LogP contribution in [0.25, 0.3) is 0 Å². The first-order valence-electron chi connectivity index (χ1n) is 12.8. The molecule has 1 atom stereocenters. The quantitative estimate of drug-likeness (QED) is 0.253. The zero-order valence-corrected chi connectivity index (χ0v) is 25.1. The number of sulfonamides is 2. The van der Waals surface area contributed by atoms with Crippen LogP contribution < -0.4 is 8.92 Å². The maximum absolute atomic E-state index is 13.9. The van der Waals surface area contributed by atoms with E-state index < -0.39 is 36.3 Å². The van der Waals surface area contributed by atoms with E-state index >= 15 is 0 Å². The summed E-state index contributed by atoms with van der Waals surface area (Å²) in [6, 6.07) is 25.7. The van der Waals surface area contributed by atoms with Gasteiger partial charge >= 0.3 is 10.1 Å². The smallest absolute Gasteiger partial charge is 0.339 e. The minimum Gasteiger partial charge on any atom is -0.493 e. The van der Waals surface area contributed by atoms with Crippen molar-refractivity contribution < 1.29 is 34.2 Å². The Morgan fingerprint density at radius 3 is 1.64 bits per heavy atom. The van der Waals surface area contributed by atoms with Gasteiger partial charge in [0.25, 0.3) is 0 Å². The summed E-state index contributed by atoms with van der Waals surface area (Å²) in [5.74, 6) is -0.169. The third-order valence-electron chi connectivity index (χ3n) is 6.78. The average Bonchev–Trinajstić information content (AvgIpc) is 3.46. The summed E-state index contributed by atoms with van der Waals surface area (Å²) in [6.45, 7) is 1.60. The minimum absolute atomic E-state index is 0.00505. The first-order valence-corrected chi connectivity index (χ1v) is 17.1. The molecule has 1 aliphatic heterocycles. The van der Waals surface area contributed by atoms with Gasteiger partial charge in [-0.25, -0.2) is 16.8 Å². The molecule has 10 nitrogen and oxygen atoms in total. The highest BCUT2D eigenvalue weighted by atomic mass is 32.2. The molecule has 5 rings (SSSR count). The molecule has 0 N–H and O–H groups in total. The van der Waals surface area contributed by atoms with Crippen molar-refractivity contribution >= 4 is 30.2 Å². The van der Waals surface area contributed by atoms with E-state index in [4.69, 9.17) is 8.92 Å². The Bertz CT molecular complexity index is 1900. The van der Waals surface area contributed by atoms with E-state index in [1.165, 1.54) is 61.7 Å². The molecule has 0 aliphatic carbocycles. The van der Waals surface area contributed by atoms with Gasteiger partial charge in [0.15, 0.2) is 11.5 Å². The summed E-state index contributed by atoms with van der Waals surface area (Å²) in [7, 11) is -11.2. The molecule has 0 aromatic heterocycles.